The molecular weight excluding hydrogens is 268 g/mol. The number of nitrogens with one attached hydrogen (secondary N) is 1. The fourth-order valence-electron chi connectivity index (χ4n) is 2.90. The molecule has 2 fully saturated rings. The molecule has 0 bridgehead atoms. The van der Waals surface area contributed by atoms with E-state index >= 15 is 0 Å². The highest BCUT2D eigenvalue weighted by atomic mass is 16.5. The maximum absolute atomic E-state index is 12.8. The van der Waals surface area contributed by atoms with E-state index in [1.807, 2.05) is 4.90 Å². The van der Waals surface area contributed by atoms with Crippen LogP contribution in [0.1, 0.15) is 36.0 Å². The molecule has 21 heavy (non-hydrogen) atoms. The molecule has 1 aliphatic carbocycles. The van der Waals surface area contributed by atoms with Crippen LogP contribution in [0.15, 0.2) is 18.2 Å². The molecule has 0 radical (unpaired) electrons. The molecule has 0 spiro atoms. The van der Waals surface area contributed by atoms with Crippen molar-refractivity contribution in [2.45, 2.75) is 37.8 Å². The molecule has 1 heterocycles. The molecule has 5 heteroatoms. The number of ether oxygens (including phenoxy) is 1. The average molecular weight is 290 g/mol. The molecule has 2 N–H and O–H groups in total. The molecule has 1 atom stereocenters. The fourth-order valence-corrected chi connectivity index (χ4v) is 2.90. The van der Waals surface area contributed by atoms with Gasteiger partial charge in [0.05, 0.1) is 12.7 Å². The molecule has 1 saturated heterocycles. The number of carbonyl (C=O) groups is 1. The van der Waals surface area contributed by atoms with Gasteiger partial charge in [-0.15, -0.1) is 0 Å². The van der Waals surface area contributed by atoms with E-state index in [0.29, 0.717) is 23.4 Å². The van der Waals surface area contributed by atoms with Crippen LogP contribution in [0.4, 0.5) is 0 Å². The second kappa shape index (κ2) is 5.93. The van der Waals surface area contributed by atoms with Crippen molar-refractivity contribution < 1.29 is 14.6 Å². The number of phenols is 1. The van der Waals surface area contributed by atoms with Gasteiger partial charge in [0, 0.05) is 18.6 Å². The minimum Gasteiger partial charge on any atom is -0.507 e. The molecule has 3 rings (SSSR count). The van der Waals surface area contributed by atoms with Crippen molar-refractivity contribution in [1.29, 1.82) is 0 Å². The summed E-state index contributed by atoms with van der Waals surface area (Å²) in [7, 11) is 1.56. The Hall–Kier alpha value is -1.75. The standard InChI is InChI=1S/C16H22N2O3/c1-21-13-6-7-15(19)14(9-13)16(20)18(12-4-5-12)10-11-3-2-8-17-11/h6-7,9,11-12,17,19H,2-5,8,10H2,1H3. The highest BCUT2D eigenvalue weighted by Gasteiger charge is 2.35. The summed E-state index contributed by atoms with van der Waals surface area (Å²) in [5, 5.41) is 13.4. The van der Waals surface area contributed by atoms with Crippen LogP contribution in [-0.2, 0) is 0 Å². The Balaban J connectivity index is 1.80. The maximum Gasteiger partial charge on any atom is 0.258 e. The Kier molecular flexibility index (Phi) is 4.01. The van der Waals surface area contributed by atoms with E-state index in [0.717, 1.165) is 32.4 Å². The van der Waals surface area contributed by atoms with E-state index in [4.69, 9.17) is 4.74 Å². The zero-order valence-corrected chi connectivity index (χ0v) is 12.3. The van der Waals surface area contributed by atoms with E-state index in [-0.39, 0.29) is 11.7 Å². The highest BCUT2D eigenvalue weighted by Crippen LogP contribution is 2.32. The summed E-state index contributed by atoms with van der Waals surface area (Å²) in [5.41, 5.74) is 0.333. The number of nitrogens with zero attached hydrogens (tertiary/aromatic N) is 1. The third-order valence-electron chi connectivity index (χ3n) is 4.26. The topological polar surface area (TPSA) is 61.8 Å². The molecule has 1 aromatic carbocycles. The maximum atomic E-state index is 12.8. The van der Waals surface area contributed by atoms with E-state index in [1.165, 1.54) is 12.5 Å². The van der Waals surface area contributed by atoms with Crippen molar-refractivity contribution in [3.8, 4) is 11.5 Å². The van der Waals surface area contributed by atoms with Gasteiger partial charge in [0.25, 0.3) is 5.91 Å². The SMILES string of the molecule is COc1ccc(O)c(C(=O)N(CC2CCCN2)C2CC2)c1. The minimum atomic E-state index is -0.0948. The number of amides is 1. The van der Waals surface area contributed by atoms with E-state index < -0.39 is 0 Å². The Bertz CT molecular complexity index is 522. The summed E-state index contributed by atoms with van der Waals surface area (Å²) < 4.78 is 5.16. The first-order valence-corrected chi connectivity index (χ1v) is 7.60. The molecular formula is C16H22N2O3. The highest BCUT2D eigenvalue weighted by molar-refractivity contribution is 5.97. The van der Waals surface area contributed by atoms with E-state index in [9.17, 15) is 9.90 Å². The van der Waals surface area contributed by atoms with Crippen LogP contribution in [-0.4, -0.2) is 48.2 Å². The first kappa shape index (κ1) is 14.2. The summed E-state index contributed by atoms with van der Waals surface area (Å²) in [4.78, 5) is 14.7. The molecule has 1 aliphatic heterocycles. The first-order valence-electron chi connectivity index (χ1n) is 7.60. The van der Waals surface area contributed by atoms with Crippen molar-refractivity contribution in [3.63, 3.8) is 0 Å². The Morgan fingerprint density at radius 1 is 1.43 bits per heavy atom. The molecule has 1 amide bonds. The van der Waals surface area contributed by atoms with E-state index in [2.05, 4.69) is 5.32 Å². The summed E-state index contributed by atoms with van der Waals surface area (Å²) in [5.74, 6) is 0.513. The van der Waals surface area contributed by atoms with Gasteiger partial charge in [0.2, 0.25) is 0 Å². The second-order valence-corrected chi connectivity index (χ2v) is 5.87. The van der Waals surface area contributed by atoms with Gasteiger partial charge >= 0.3 is 0 Å². The van der Waals surface area contributed by atoms with E-state index in [1.54, 1.807) is 19.2 Å². The van der Waals surface area contributed by atoms with Crippen LogP contribution < -0.4 is 10.1 Å². The van der Waals surface area contributed by atoms with Gasteiger partial charge in [-0.05, 0) is 50.4 Å². The van der Waals surface area contributed by atoms with Crippen LogP contribution in [0.5, 0.6) is 11.5 Å². The van der Waals surface area contributed by atoms with Gasteiger partial charge < -0.3 is 20.1 Å². The number of benzene rings is 1. The lowest BCUT2D eigenvalue weighted by atomic mass is 10.1. The van der Waals surface area contributed by atoms with Crippen LogP contribution >= 0.6 is 0 Å². The summed E-state index contributed by atoms with van der Waals surface area (Å²) in [6.45, 7) is 1.75. The predicted molar refractivity (Wildman–Crippen MR) is 79.7 cm³/mol. The van der Waals surface area contributed by atoms with Crippen LogP contribution in [0.2, 0.25) is 0 Å². The van der Waals surface area contributed by atoms with Crippen molar-refractivity contribution in [2.75, 3.05) is 20.2 Å². The number of aromatic hydroxyl groups is 1. The van der Waals surface area contributed by atoms with Gasteiger partial charge in [-0.3, -0.25) is 4.79 Å². The normalized spacial score (nSPS) is 21.3. The van der Waals surface area contributed by atoms with Gasteiger partial charge in [0.1, 0.15) is 11.5 Å². The molecule has 1 unspecified atom stereocenters. The predicted octanol–water partition coefficient (Wildman–Crippen LogP) is 1.76. The zero-order valence-electron chi connectivity index (χ0n) is 12.3. The third-order valence-corrected chi connectivity index (χ3v) is 4.26. The number of methoxy groups -OCH3 is 1. The second-order valence-electron chi connectivity index (χ2n) is 5.87. The lowest BCUT2D eigenvalue weighted by Crippen LogP contribution is -2.42. The minimum absolute atomic E-state index is 0.0193. The van der Waals surface area contributed by atoms with Gasteiger partial charge in [-0.1, -0.05) is 0 Å². The number of rotatable bonds is 5. The fraction of sp³-hybridized carbons (Fsp3) is 0.562. The quantitative estimate of drug-likeness (QED) is 0.867. The Morgan fingerprint density at radius 2 is 2.24 bits per heavy atom. The summed E-state index contributed by atoms with van der Waals surface area (Å²) >= 11 is 0. The van der Waals surface area contributed by atoms with Gasteiger partial charge in [-0.2, -0.15) is 0 Å². The molecule has 0 aromatic heterocycles. The number of carbonyl (C=O) groups excluding carboxylic acids is 1. The monoisotopic (exact) mass is 290 g/mol. The molecule has 1 saturated carbocycles. The number of hydrogen-bond acceptors (Lipinski definition) is 4. The largest absolute Gasteiger partial charge is 0.507 e. The number of phenolic OH excluding ortho intramolecular Hbond substituents is 1. The van der Waals surface area contributed by atoms with Crippen molar-refractivity contribution in [1.82, 2.24) is 10.2 Å². The Labute approximate surface area is 124 Å². The van der Waals surface area contributed by atoms with Crippen LogP contribution in [0.25, 0.3) is 0 Å². The molecule has 114 valence electrons. The summed E-state index contributed by atoms with van der Waals surface area (Å²) in [6, 6.07) is 5.50. The van der Waals surface area contributed by atoms with Crippen LogP contribution in [0.3, 0.4) is 0 Å². The van der Waals surface area contributed by atoms with Gasteiger partial charge in [0.15, 0.2) is 0 Å². The smallest absolute Gasteiger partial charge is 0.258 e. The van der Waals surface area contributed by atoms with Gasteiger partial charge in [-0.25, -0.2) is 0 Å². The molecule has 1 aromatic rings. The van der Waals surface area contributed by atoms with Crippen molar-refractivity contribution >= 4 is 5.91 Å². The Morgan fingerprint density at radius 3 is 2.86 bits per heavy atom. The third kappa shape index (κ3) is 3.13. The lowest BCUT2D eigenvalue weighted by molar-refractivity contribution is 0.0725. The summed E-state index contributed by atoms with van der Waals surface area (Å²) in [6.07, 6.45) is 4.40. The molecule has 2 aliphatic rings. The number of hydrogen-bond donors (Lipinski definition) is 2. The average Bonchev–Trinajstić information content (AvgIpc) is 3.21. The zero-order chi connectivity index (χ0) is 14.8. The lowest BCUT2D eigenvalue weighted by Gasteiger charge is -2.26. The first-order chi connectivity index (χ1) is 10.2. The van der Waals surface area contributed by atoms with Crippen molar-refractivity contribution in [2.24, 2.45) is 0 Å². The molecule has 5 nitrogen and oxygen atoms in total. The van der Waals surface area contributed by atoms with Crippen LogP contribution in [0, 0.1) is 0 Å². The van der Waals surface area contributed by atoms with Crippen molar-refractivity contribution in [3.05, 3.63) is 23.8 Å².